The number of esters is 1. The summed E-state index contributed by atoms with van der Waals surface area (Å²) in [6, 6.07) is 0. The van der Waals surface area contributed by atoms with Crippen molar-refractivity contribution in [2.24, 2.45) is 0 Å². The largest absolute Gasteiger partial charge is 0.458 e. The summed E-state index contributed by atoms with van der Waals surface area (Å²) in [5.41, 5.74) is 0. The Morgan fingerprint density at radius 1 is 0.756 bits per heavy atom. The lowest BCUT2D eigenvalue weighted by Crippen LogP contribution is -2.60. The van der Waals surface area contributed by atoms with Crippen LogP contribution in [0.15, 0.2) is 0 Å². The van der Waals surface area contributed by atoms with Crippen molar-refractivity contribution in [3.8, 4) is 0 Å². The Morgan fingerprint density at radius 3 is 1.64 bits per heavy atom. The summed E-state index contributed by atoms with van der Waals surface area (Å²) in [6.45, 7) is 2.97. The number of carbonyl (C=O) groups is 1. The third kappa shape index (κ3) is 21.6. The molecule has 0 amide bonds. The first-order valence-electron chi connectivity index (χ1n) is 17.2. The van der Waals surface area contributed by atoms with Crippen LogP contribution >= 0.6 is 0 Å². The summed E-state index contributed by atoms with van der Waals surface area (Å²) in [4.78, 5) is 11.5. The zero-order valence-corrected chi connectivity index (χ0v) is 28.5. The van der Waals surface area contributed by atoms with Gasteiger partial charge in [0.2, 0.25) is 0 Å². The van der Waals surface area contributed by atoms with E-state index in [-0.39, 0.29) is 13.2 Å². The summed E-state index contributed by atoms with van der Waals surface area (Å²) in [6.07, 6.45) is 15.5. The average molecular weight is 671 g/mol. The van der Waals surface area contributed by atoms with E-state index in [1.54, 1.807) is 0 Å². The van der Waals surface area contributed by atoms with Gasteiger partial charge in [-0.25, -0.2) is 4.18 Å². The molecule has 0 bridgehead atoms. The van der Waals surface area contributed by atoms with E-state index in [0.29, 0.717) is 6.61 Å². The molecule has 6 unspecified atom stereocenters. The van der Waals surface area contributed by atoms with Crippen LogP contribution < -0.4 is 0 Å². The Kier molecular flexibility index (Phi) is 24.4. The number of carbonyl (C=O) groups excluding carboxylic acids is 1. The maximum absolute atomic E-state index is 11.5. The molecule has 1 aliphatic rings. The first-order chi connectivity index (χ1) is 21.6. The molecule has 1 saturated heterocycles. The van der Waals surface area contributed by atoms with Crippen molar-refractivity contribution in [1.29, 1.82) is 0 Å². The molecule has 0 aliphatic carbocycles. The van der Waals surface area contributed by atoms with Gasteiger partial charge >= 0.3 is 16.4 Å². The molecular formula is C32H62O12S. The molecule has 45 heavy (non-hydrogen) atoms. The van der Waals surface area contributed by atoms with E-state index < -0.39 is 59.8 Å². The number of hydrogen-bond donors (Lipinski definition) is 4. The number of unbranched alkanes of at least 4 members (excludes halogenated alkanes) is 18. The molecule has 12 nitrogen and oxygen atoms in total. The van der Waals surface area contributed by atoms with E-state index >= 15 is 0 Å². The number of aliphatic hydroxyl groups excluding tert-OH is 3. The van der Waals surface area contributed by atoms with E-state index in [1.165, 1.54) is 110 Å². The number of rotatable bonds is 29. The summed E-state index contributed by atoms with van der Waals surface area (Å²) < 4.78 is 57.2. The van der Waals surface area contributed by atoms with Crippen LogP contribution in [-0.4, -0.2) is 97.5 Å². The Bertz CT molecular complexity index is 827. The van der Waals surface area contributed by atoms with Gasteiger partial charge in [-0.15, -0.1) is 0 Å². The first-order valence-corrected chi connectivity index (χ1v) is 18.6. The highest BCUT2D eigenvalue weighted by Gasteiger charge is 2.48. The molecule has 6 atom stereocenters. The van der Waals surface area contributed by atoms with Crippen LogP contribution in [0.3, 0.4) is 0 Å². The molecule has 1 rings (SSSR count). The second-order valence-corrected chi connectivity index (χ2v) is 13.2. The van der Waals surface area contributed by atoms with Crippen molar-refractivity contribution in [2.75, 3.05) is 26.4 Å². The van der Waals surface area contributed by atoms with Crippen LogP contribution in [0, 0.1) is 0 Å². The highest BCUT2D eigenvalue weighted by molar-refractivity contribution is 7.80. The molecule has 1 heterocycles. The van der Waals surface area contributed by atoms with Crippen molar-refractivity contribution in [3.63, 3.8) is 0 Å². The molecule has 1 aliphatic heterocycles. The lowest BCUT2D eigenvalue weighted by atomic mass is 9.99. The van der Waals surface area contributed by atoms with Gasteiger partial charge in [0.05, 0.1) is 19.8 Å². The van der Waals surface area contributed by atoms with Crippen molar-refractivity contribution < 1.29 is 56.2 Å². The fourth-order valence-electron chi connectivity index (χ4n) is 5.50. The zero-order valence-electron chi connectivity index (χ0n) is 27.7. The minimum Gasteiger partial charge on any atom is -0.458 e. The van der Waals surface area contributed by atoms with E-state index in [9.17, 15) is 28.5 Å². The van der Waals surface area contributed by atoms with Gasteiger partial charge in [0.25, 0.3) is 0 Å². The number of aliphatic hydroxyl groups is 3. The van der Waals surface area contributed by atoms with E-state index in [0.717, 1.165) is 19.3 Å². The average Bonchev–Trinajstić information content (AvgIpc) is 2.98. The van der Waals surface area contributed by atoms with E-state index in [4.69, 9.17) is 23.5 Å². The summed E-state index contributed by atoms with van der Waals surface area (Å²) in [5, 5.41) is 30.0. The van der Waals surface area contributed by atoms with Crippen molar-refractivity contribution in [3.05, 3.63) is 0 Å². The summed E-state index contributed by atoms with van der Waals surface area (Å²) in [7, 11) is -5.03. The predicted octanol–water partition coefficient (Wildman–Crippen LogP) is 5.01. The van der Waals surface area contributed by atoms with Gasteiger partial charge in [-0.3, -0.25) is 9.35 Å². The van der Waals surface area contributed by atoms with Crippen LogP contribution in [0.4, 0.5) is 0 Å². The Hall–Kier alpha value is -0.900. The maximum Gasteiger partial charge on any atom is 0.397 e. The van der Waals surface area contributed by atoms with Crippen LogP contribution in [-0.2, 0) is 38.3 Å². The third-order valence-electron chi connectivity index (χ3n) is 8.03. The van der Waals surface area contributed by atoms with Gasteiger partial charge in [-0.05, 0) is 6.42 Å². The molecule has 1 fully saturated rings. The van der Waals surface area contributed by atoms with Gasteiger partial charge in [-0.1, -0.05) is 122 Å². The molecule has 0 spiro atoms. The molecule has 268 valence electrons. The Balaban J connectivity index is 2.12. The van der Waals surface area contributed by atoms with Crippen molar-refractivity contribution in [1.82, 2.24) is 0 Å². The van der Waals surface area contributed by atoms with Gasteiger partial charge in [0.15, 0.2) is 6.29 Å². The Labute approximate surface area is 271 Å². The van der Waals surface area contributed by atoms with Crippen molar-refractivity contribution in [2.45, 2.75) is 173 Å². The maximum atomic E-state index is 11.5. The quantitative estimate of drug-likeness (QED) is 0.0476. The van der Waals surface area contributed by atoms with Crippen LogP contribution in [0.1, 0.15) is 136 Å². The monoisotopic (exact) mass is 670 g/mol. The summed E-state index contributed by atoms with van der Waals surface area (Å²) >= 11 is 0. The van der Waals surface area contributed by atoms with E-state index in [2.05, 4.69) is 11.1 Å². The zero-order chi connectivity index (χ0) is 33.3. The molecule has 13 heteroatoms. The molecule has 0 aromatic heterocycles. The Morgan fingerprint density at radius 2 is 1.22 bits per heavy atom. The topological polar surface area (TPSA) is 178 Å². The minimum absolute atomic E-state index is 0.0262. The number of ether oxygens (including phenoxy) is 4. The standard InChI is InChI=1S/C32H62O12S/c1-3-4-5-6-7-8-9-10-11-12-13-14-15-16-17-18-19-20-21-22-40-24-27(42-26(2)34)25-41-32-30(36)31(44-45(37,38)39)29(35)28(23-33)43-32/h27-33,35-36H,3-25H2,1-2H3,(H,37,38,39). The summed E-state index contributed by atoms with van der Waals surface area (Å²) in [5.74, 6) is -0.572. The predicted molar refractivity (Wildman–Crippen MR) is 170 cm³/mol. The second-order valence-electron chi connectivity index (χ2n) is 12.2. The van der Waals surface area contributed by atoms with Crippen LogP contribution in [0.5, 0.6) is 0 Å². The fraction of sp³-hybridized carbons (Fsp3) is 0.969. The number of hydrogen-bond acceptors (Lipinski definition) is 11. The highest BCUT2D eigenvalue weighted by Crippen LogP contribution is 2.26. The smallest absolute Gasteiger partial charge is 0.397 e. The molecule has 0 radical (unpaired) electrons. The first kappa shape index (κ1) is 42.1. The third-order valence-corrected chi connectivity index (χ3v) is 8.49. The van der Waals surface area contributed by atoms with Gasteiger partial charge in [0.1, 0.15) is 30.5 Å². The van der Waals surface area contributed by atoms with Crippen LogP contribution in [0.2, 0.25) is 0 Å². The SMILES string of the molecule is CCCCCCCCCCCCCCCCCCCCCOCC(COC1OC(CO)C(O)C(OS(=O)(=O)O)C1O)OC(C)=O. The molecule has 0 saturated carbocycles. The fourth-order valence-corrected chi connectivity index (χ4v) is 6.00. The van der Waals surface area contributed by atoms with E-state index in [1.807, 2.05) is 0 Å². The van der Waals surface area contributed by atoms with Crippen LogP contribution in [0.25, 0.3) is 0 Å². The molecular weight excluding hydrogens is 608 g/mol. The van der Waals surface area contributed by atoms with Crippen molar-refractivity contribution >= 4 is 16.4 Å². The normalized spacial score (nSPS) is 22.8. The lowest BCUT2D eigenvalue weighted by Gasteiger charge is -2.41. The molecule has 4 N–H and O–H groups in total. The lowest BCUT2D eigenvalue weighted by molar-refractivity contribution is -0.301. The second kappa shape index (κ2) is 26.1. The van der Waals surface area contributed by atoms with Gasteiger partial charge in [-0.2, -0.15) is 8.42 Å². The van der Waals surface area contributed by atoms with Gasteiger partial charge < -0.3 is 34.3 Å². The highest BCUT2D eigenvalue weighted by atomic mass is 32.3. The molecule has 0 aromatic rings. The molecule has 0 aromatic carbocycles. The minimum atomic E-state index is -5.03. The van der Waals surface area contributed by atoms with Gasteiger partial charge in [0, 0.05) is 13.5 Å².